The Morgan fingerprint density at radius 2 is 0.917 bits per heavy atom. The van der Waals surface area contributed by atoms with Crippen LogP contribution in [0, 0.1) is 26.2 Å². The first-order valence-electron chi connectivity index (χ1n) is 7.32. The molecule has 0 saturated heterocycles. The Labute approximate surface area is 175 Å². The van der Waals surface area contributed by atoms with Gasteiger partial charge in [-0.1, -0.05) is 13.8 Å². The first-order valence-corrected chi connectivity index (χ1v) is 7.32. The van der Waals surface area contributed by atoms with Crippen molar-refractivity contribution in [2.24, 2.45) is 5.41 Å². The van der Waals surface area contributed by atoms with Gasteiger partial charge < -0.3 is 35.9 Å². The van der Waals surface area contributed by atoms with Crippen LogP contribution in [-0.2, 0) is 34.1 Å². The normalized spacial score (nSPS) is 12.0. The van der Waals surface area contributed by atoms with Crippen LogP contribution in [-0.4, -0.2) is 45.9 Å². The van der Waals surface area contributed by atoms with Crippen LogP contribution in [0.15, 0.2) is 0 Å². The minimum Gasteiger partial charge on any atom is -0.393 e. The smallest absolute Gasteiger partial charge is 0.393 e. The molecule has 0 aliphatic heterocycles. The van der Waals surface area contributed by atoms with Crippen LogP contribution in [0.5, 0.6) is 0 Å². The summed E-state index contributed by atoms with van der Waals surface area (Å²) in [5.41, 5.74) is -1.54. The van der Waals surface area contributed by atoms with Crippen LogP contribution in [0.4, 0.5) is 0 Å². The van der Waals surface area contributed by atoms with E-state index >= 15 is 0 Å². The Kier molecular flexibility index (Phi) is 21.8. The third kappa shape index (κ3) is 11.5. The minimum atomic E-state index is -0.656. The van der Waals surface area contributed by atoms with Crippen LogP contribution in [0.3, 0.4) is 0 Å². The molecular weight excluding hydrogens is 401 g/mol. The van der Waals surface area contributed by atoms with Gasteiger partial charge in [-0.3, -0.25) is 0 Å². The van der Waals surface area contributed by atoms with E-state index in [1.54, 1.807) is 0 Å². The number of nitrogens with zero attached hydrogens (tertiary/aromatic N) is 1. The number of likely N-dealkylation sites (N-methyl/N-ethyl adjacent to an activating group) is 1. The van der Waals surface area contributed by atoms with Crippen molar-refractivity contribution in [2.75, 3.05) is 14.1 Å². The van der Waals surface area contributed by atoms with Crippen molar-refractivity contribution < 1.29 is 44.4 Å². The minimum absolute atomic E-state index is 0. The average Bonchev–Trinajstić information content (AvgIpc) is 2.14. The van der Waals surface area contributed by atoms with Gasteiger partial charge in [0, 0.05) is 11.1 Å². The summed E-state index contributed by atoms with van der Waals surface area (Å²) in [6.45, 7) is 19.6. The van der Waals surface area contributed by atoms with Gasteiger partial charge >= 0.3 is 34.1 Å². The van der Waals surface area contributed by atoms with Crippen molar-refractivity contribution in [3.8, 4) is 0 Å². The molecule has 0 rings (SSSR count). The molecule has 0 heterocycles. The molecule has 0 unspecified atom stereocenters. The number of aliphatic hydroxyl groups is 2. The van der Waals surface area contributed by atoms with Crippen molar-refractivity contribution >= 4 is 0 Å². The van der Waals surface area contributed by atoms with E-state index in [4.69, 9.17) is 0 Å². The predicted molar refractivity (Wildman–Crippen MR) is 102 cm³/mol. The van der Waals surface area contributed by atoms with E-state index in [1.165, 1.54) is 5.92 Å². The van der Waals surface area contributed by atoms with Gasteiger partial charge in [-0.15, -0.1) is 5.41 Å². The maximum absolute atomic E-state index is 9.70. The molecule has 0 atom stereocenters. The van der Waals surface area contributed by atoms with E-state index in [9.17, 15) is 10.2 Å². The summed E-state index contributed by atoms with van der Waals surface area (Å²) in [6.07, 6.45) is 0. The van der Waals surface area contributed by atoms with Crippen LogP contribution in [0.1, 0.15) is 69.2 Å². The predicted octanol–water partition coefficient (Wildman–Crippen LogP) is 4.39. The molecule has 0 spiro atoms. The maximum atomic E-state index is 9.70. The van der Waals surface area contributed by atoms with Crippen molar-refractivity contribution in [3.63, 3.8) is 0 Å². The Balaban J connectivity index is -0.0000000579. The molecule has 0 aromatic rings. The number of hydrogen-bond donors (Lipinski definition) is 2. The molecule has 24 heavy (non-hydrogen) atoms. The Hall–Kier alpha value is 0.919. The Morgan fingerprint density at radius 1 is 0.667 bits per heavy atom. The summed E-state index contributed by atoms with van der Waals surface area (Å²) in [5, 5.41) is 19.4. The zero-order valence-corrected chi connectivity index (χ0v) is 20.3. The van der Waals surface area contributed by atoms with E-state index in [0.29, 0.717) is 0 Å². The standard InChI is InChI=1S/C9H19O.C8H19NO.2CH3.2Cu/c1-7(2)8(3,4)9(5,6)10;1-7(2,9(5)6)8(3,4)10;;;;/h2*10H,1-6H3;2*1H3;;/q-1;;2*-1;2*+2. The van der Waals surface area contributed by atoms with Crippen molar-refractivity contribution in [1.29, 1.82) is 0 Å². The molecular formula is C19H44Cu2NO2+. The first-order chi connectivity index (χ1) is 8.39. The fourth-order valence-electron chi connectivity index (χ4n) is 1.16. The number of hydrogen-bond acceptors (Lipinski definition) is 3. The maximum Gasteiger partial charge on any atom is 2.00 e. The Bertz CT molecular complexity index is 259. The molecule has 0 fully saturated rings. The summed E-state index contributed by atoms with van der Waals surface area (Å²) >= 11 is 0. The molecule has 3 nitrogen and oxygen atoms in total. The van der Waals surface area contributed by atoms with E-state index in [0.717, 1.165) is 0 Å². The van der Waals surface area contributed by atoms with Crippen molar-refractivity contribution in [1.82, 2.24) is 4.90 Å². The van der Waals surface area contributed by atoms with Crippen LogP contribution < -0.4 is 0 Å². The molecule has 0 amide bonds. The second kappa shape index (κ2) is 13.1. The second-order valence-electron chi connectivity index (χ2n) is 8.20. The first kappa shape index (κ1) is 39.8. The zero-order chi connectivity index (χ0) is 17.2. The molecule has 0 aromatic carbocycles. The van der Waals surface area contributed by atoms with E-state index in [2.05, 4.69) is 27.7 Å². The molecule has 0 bridgehead atoms. The van der Waals surface area contributed by atoms with Crippen LogP contribution in [0.2, 0.25) is 0 Å². The van der Waals surface area contributed by atoms with Crippen LogP contribution in [0.25, 0.3) is 0 Å². The molecule has 0 aliphatic rings. The summed E-state index contributed by atoms with van der Waals surface area (Å²) in [4.78, 5) is 2.02. The van der Waals surface area contributed by atoms with Crippen LogP contribution >= 0.6 is 0 Å². The summed E-state index contributed by atoms with van der Waals surface area (Å²) in [6, 6.07) is 0. The molecule has 158 valence electrons. The third-order valence-corrected chi connectivity index (χ3v) is 5.39. The number of rotatable bonds is 4. The SMILES string of the molecule is CN(C)C(C)(C)C(C)(C)O.C[C-](C)C(C)(C)C(C)(C)O.[CH3-].[CH3-].[Cu+2].[Cu+2]. The van der Waals surface area contributed by atoms with Gasteiger partial charge in [0.2, 0.25) is 0 Å². The summed E-state index contributed by atoms with van der Waals surface area (Å²) in [5.74, 6) is 1.26. The summed E-state index contributed by atoms with van der Waals surface area (Å²) in [7, 11) is 3.94. The van der Waals surface area contributed by atoms with Crippen molar-refractivity contribution in [2.45, 2.75) is 86.0 Å². The largest absolute Gasteiger partial charge is 2.00 e. The van der Waals surface area contributed by atoms with E-state index < -0.39 is 11.2 Å². The second-order valence-corrected chi connectivity index (χ2v) is 8.20. The fourth-order valence-corrected chi connectivity index (χ4v) is 1.16. The van der Waals surface area contributed by atoms with E-state index in [1.807, 2.05) is 60.5 Å². The van der Waals surface area contributed by atoms with Crippen molar-refractivity contribution in [3.05, 3.63) is 20.8 Å². The van der Waals surface area contributed by atoms with Gasteiger partial charge in [-0.2, -0.15) is 13.8 Å². The monoisotopic (exact) mass is 444 g/mol. The van der Waals surface area contributed by atoms with Gasteiger partial charge in [0.05, 0.1) is 5.60 Å². The topological polar surface area (TPSA) is 43.7 Å². The van der Waals surface area contributed by atoms with Gasteiger partial charge in [-0.05, 0) is 55.6 Å². The quantitative estimate of drug-likeness (QED) is 0.498. The van der Waals surface area contributed by atoms with Gasteiger partial charge in [-0.25, -0.2) is 0 Å². The Morgan fingerprint density at radius 3 is 0.917 bits per heavy atom. The van der Waals surface area contributed by atoms with Gasteiger partial charge in [0.15, 0.2) is 0 Å². The molecule has 0 saturated carbocycles. The van der Waals surface area contributed by atoms with Gasteiger partial charge in [0.25, 0.3) is 0 Å². The zero-order valence-electron chi connectivity index (χ0n) is 18.4. The molecule has 2 N–H and O–H groups in total. The average molecular weight is 446 g/mol. The van der Waals surface area contributed by atoms with Gasteiger partial charge in [0.1, 0.15) is 0 Å². The molecule has 2 radical (unpaired) electrons. The summed E-state index contributed by atoms with van der Waals surface area (Å²) < 4.78 is 0. The third-order valence-electron chi connectivity index (χ3n) is 5.39. The fraction of sp³-hybridized carbons (Fsp3) is 0.842. The molecule has 0 aliphatic carbocycles. The molecule has 5 heteroatoms. The molecule has 0 aromatic heterocycles. The van der Waals surface area contributed by atoms with E-state index in [-0.39, 0.29) is 59.9 Å².